The minimum Gasteiger partial charge on any atom is -0.367 e. The second kappa shape index (κ2) is 3.67. The van der Waals surface area contributed by atoms with E-state index in [-0.39, 0.29) is 0 Å². The SMILES string of the molecule is Nc1onc(Br)c1C1CCCNC1. The number of aromatic nitrogens is 1. The van der Waals surface area contributed by atoms with Crippen molar-refractivity contribution in [2.45, 2.75) is 18.8 Å². The van der Waals surface area contributed by atoms with Crippen LogP contribution in [0.3, 0.4) is 0 Å². The number of anilines is 1. The van der Waals surface area contributed by atoms with Gasteiger partial charge in [-0.15, -0.1) is 0 Å². The predicted octanol–water partition coefficient (Wildman–Crippen LogP) is 1.49. The highest BCUT2D eigenvalue weighted by atomic mass is 79.9. The molecule has 1 atom stereocenters. The first-order chi connectivity index (χ1) is 6.29. The Morgan fingerprint density at radius 1 is 1.62 bits per heavy atom. The summed E-state index contributed by atoms with van der Waals surface area (Å²) < 4.78 is 5.65. The molecule has 0 bridgehead atoms. The fourth-order valence-electron chi connectivity index (χ4n) is 1.76. The van der Waals surface area contributed by atoms with Crippen molar-refractivity contribution in [1.29, 1.82) is 0 Å². The van der Waals surface area contributed by atoms with Crippen LogP contribution < -0.4 is 11.1 Å². The van der Waals surface area contributed by atoms with Crippen molar-refractivity contribution < 1.29 is 4.52 Å². The Labute approximate surface area is 85.0 Å². The quantitative estimate of drug-likeness (QED) is 0.787. The minimum absolute atomic E-state index is 0.439. The molecule has 1 aliphatic heterocycles. The number of hydrogen-bond acceptors (Lipinski definition) is 4. The maximum atomic E-state index is 5.69. The van der Waals surface area contributed by atoms with Crippen molar-refractivity contribution in [3.05, 3.63) is 10.2 Å². The topological polar surface area (TPSA) is 64.1 Å². The van der Waals surface area contributed by atoms with E-state index in [2.05, 4.69) is 26.4 Å². The predicted molar refractivity (Wildman–Crippen MR) is 53.5 cm³/mol. The summed E-state index contributed by atoms with van der Waals surface area (Å²) in [5.41, 5.74) is 6.71. The van der Waals surface area contributed by atoms with Crippen LogP contribution in [-0.4, -0.2) is 18.2 Å². The number of nitrogens with one attached hydrogen (secondary N) is 1. The molecule has 2 heterocycles. The van der Waals surface area contributed by atoms with Gasteiger partial charge in [0.05, 0.1) is 5.56 Å². The van der Waals surface area contributed by atoms with Gasteiger partial charge in [-0.05, 0) is 35.3 Å². The zero-order chi connectivity index (χ0) is 9.26. The van der Waals surface area contributed by atoms with E-state index in [1.807, 2.05) is 0 Å². The first-order valence-corrected chi connectivity index (χ1v) is 5.19. The summed E-state index contributed by atoms with van der Waals surface area (Å²) in [6.07, 6.45) is 2.33. The van der Waals surface area contributed by atoms with Gasteiger partial charge in [0.25, 0.3) is 0 Å². The highest BCUT2D eigenvalue weighted by Crippen LogP contribution is 2.33. The van der Waals surface area contributed by atoms with Crippen LogP contribution in [0.5, 0.6) is 0 Å². The smallest absolute Gasteiger partial charge is 0.226 e. The van der Waals surface area contributed by atoms with Crippen LogP contribution in [0.25, 0.3) is 0 Å². The molecule has 1 aromatic heterocycles. The number of hydrogen-bond donors (Lipinski definition) is 2. The van der Waals surface area contributed by atoms with Crippen LogP contribution in [-0.2, 0) is 0 Å². The van der Waals surface area contributed by atoms with Crippen molar-refractivity contribution in [1.82, 2.24) is 10.5 Å². The first kappa shape index (κ1) is 9.02. The number of nitrogens with two attached hydrogens (primary N) is 1. The molecule has 1 saturated heterocycles. The monoisotopic (exact) mass is 245 g/mol. The second-order valence-corrected chi connectivity index (χ2v) is 4.05. The molecular formula is C8H12BrN3O. The number of nitrogen functional groups attached to an aromatic ring is 1. The lowest BCUT2D eigenvalue weighted by atomic mass is 9.94. The first-order valence-electron chi connectivity index (χ1n) is 4.40. The van der Waals surface area contributed by atoms with Gasteiger partial charge in [0.1, 0.15) is 0 Å². The van der Waals surface area contributed by atoms with Gasteiger partial charge >= 0.3 is 0 Å². The molecule has 1 unspecified atom stereocenters. The molecule has 3 N–H and O–H groups in total. The highest BCUT2D eigenvalue weighted by Gasteiger charge is 2.23. The van der Waals surface area contributed by atoms with Crippen LogP contribution in [0.4, 0.5) is 5.88 Å². The molecule has 0 amide bonds. The number of rotatable bonds is 1. The molecule has 0 spiro atoms. The third kappa shape index (κ3) is 1.71. The highest BCUT2D eigenvalue weighted by molar-refractivity contribution is 9.10. The molecule has 2 rings (SSSR count). The Morgan fingerprint density at radius 2 is 2.46 bits per heavy atom. The Morgan fingerprint density at radius 3 is 3.00 bits per heavy atom. The van der Waals surface area contributed by atoms with Gasteiger partial charge < -0.3 is 15.6 Å². The molecule has 0 aliphatic carbocycles. The number of nitrogens with zero attached hydrogens (tertiary/aromatic N) is 1. The van der Waals surface area contributed by atoms with Gasteiger partial charge in [0.2, 0.25) is 5.88 Å². The van der Waals surface area contributed by atoms with E-state index in [0.717, 1.165) is 29.7 Å². The Balaban J connectivity index is 2.22. The fourth-order valence-corrected chi connectivity index (χ4v) is 2.35. The number of halogens is 1. The van der Waals surface area contributed by atoms with Gasteiger partial charge in [-0.2, -0.15) is 0 Å². The number of piperidine rings is 1. The van der Waals surface area contributed by atoms with Crippen LogP contribution in [0.15, 0.2) is 9.13 Å². The Bertz CT molecular complexity index is 274. The molecule has 0 radical (unpaired) electrons. The summed E-state index contributed by atoms with van der Waals surface area (Å²) in [4.78, 5) is 0. The van der Waals surface area contributed by atoms with Crippen molar-refractivity contribution >= 4 is 21.8 Å². The summed E-state index contributed by atoms with van der Waals surface area (Å²) in [6, 6.07) is 0. The zero-order valence-electron chi connectivity index (χ0n) is 7.22. The molecule has 1 aliphatic rings. The third-order valence-electron chi connectivity index (χ3n) is 2.42. The van der Waals surface area contributed by atoms with Gasteiger partial charge in [0.15, 0.2) is 4.60 Å². The van der Waals surface area contributed by atoms with E-state index in [4.69, 9.17) is 10.3 Å². The molecule has 72 valence electrons. The van der Waals surface area contributed by atoms with E-state index in [0.29, 0.717) is 11.8 Å². The van der Waals surface area contributed by atoms with Crippen molar-refractivity contribution in [3.63, 3.8) is 0 Å². The van der Waals surface area contributed by atoms with E-state index < -0.39 is 0 Å². The van der Waals surface area contributed by atoms with Crippen LogP contribution in [0, 0.1) is 0 Å². The summed E-state index contributed by atoms with van der Waals surface area (Å²) in [7, 11) is 0. The lowest BCUT2D eigenvalue weighted by Gasteiger charge is -2.21. The molecule has 1 fully saturated rings. The van der Waals surface area contributed by atoms with E-state index in [1.165, 1.54) is 6.42 Å². The average Bonchev–Trinajstić information content (AvgIpc) is 2.48. The van der Waals surface area contributed by atoms with Gasteiger partial charge in [0, 0.05) is 12.5 Å². The van der Waals surface area contributed by atoms with Crippen molar-refractivity contribution in [2.24, 2.45) is 0 Å². The van der Waals surface area contributed by atoms with E-state index in [9.17, 15) is 0 Å². The fraction of sp³-hybridized carbons (Fsp3) is 0.625. The van der Waals surface area contributed by atoms with Crippen LogP contribution in [0.1, 0.15) is 24.3 Å². The van der Waals surface area contributed by atoms with Gasteiger partial charge in [-0.1, -0.05) is 5.16 Å². The lowest BCUT2D eigenvalue weighted by molar-refractivity contribution is 0.428. The van der Waals surface area contributed by atoms with Crippen molar-refractivity contribution in [2.75, 3.05) is 18.8 Å². The van der Waals surface area contributed by atoms with E-state index >= 15 is 0 Å². The Hall–Kier alpha value is -0.550. The zero-order valence-corrected chi connectivity index (χ0v) is 8.80. The maximum Gasteiger partial charge on any atom is 0.226 e. The molecule has 13 heavy (non-hydrogen) atoms. The molecule has 4 nitrogen and oxygen atoms in total. The largest absolute Gasteiger partial charge is 0.367 e. The molecule has 1 aromatic rings. The molecular weight excluding hydrogens is 234 g/mol. The lowest BCUT2D eigenvalue weighted by Crippen LogP contribution is -2.28. The normalized spacial score (nSPS) is 23.3. The molecule has 5 heteroatoms. The molecule has 0 aromatic carbocycles. The second-order valence-electron chi connectivity index (χ2n) is 3.29. The average molecular weight is 246 g/mol. The molecule has 0 saturated carbocycles. The van der Waals surface area contributed by atoms with Gasteiger partial charge in [-0.25, -0.2) is 0 Å². The summed E-state index contributed by atoms with van der Waals surface area (Å²) in [5.74, 6) is 0.884. The van der Waals surface area contributed by atoms with Gasteiger partial charge in [-0.3, -0.25) is 0 Å². The summed E-state index contributed by atoms with van der Waals surface area (Å²) >= 11 is 3.34. The summed E-state index contributed by atoms with van der Waals surface area (Å²) in [6.45, 7) is 2.06. The van der Waals surface area contributed by atoms with Crippen LogP contribution in [0.2, 0.25) is 0 Å². The van der Waals surface area contributed by atoms with Crippen molar-refractivity contribution in [3.8, 4) is 0 Å². The standard InChI is InChI=1S/C8H12BrN3O/c9-7-6(8(10)13-12-7)5-2-1-3-11-4-5/h5,11H,1-4,10H2. The van der Waals surface area contributed by atoms with Crippen LogP contribution >= 0.6 is 15.9 Å². The third-order valence-corrected chi connectivity index (χ3v) is 2.99. The Kier molecular flexibility index (Phi) is 2.55. The van der Waals surface area contributed by atoms with E-state index in [1.54, 1.807) is 0 Å². The maximum absolute atomic E-state index is 5.69. The summed E-state index contributed by atoms with van der Waals surface area (Å²) in [5, 5.41) is 7.11. The minimum atomic E-state index is 0.439.